The second-order valence-corrected chi connectivity index (χ2v) is 9.37. The molecule has 10 heteroatoms. The maximum atomic E-state index is 10.5. The lowest BCUT2D eigenvalue weighted by atomic mass is 10.2. The van der Waals surface area contributed by atoms with Gasteiger partial charge in [-0.15, -0.1) is 0 Å². The summed E-state index contributed by atoms with van der Waals surface area (Å²) in [7, 11) is -0.649. The lowest BCUT2D eigenvalue weighted by molar-refractivity contribution is 0.0437. The molecule has 0 saturated carbocycles. The van der Waals surface area contributed by atoms with Crippen molar-refractivity contribution in [3.63, 3.8) is 0 Å². The summed E-state index contributed by atoms with van der Waals surface area (Å²) >= 11 is 0. The molecule has 0 amide bonds. The predicted molar refractivity (Wildman–Crippen MR) is 122 cm³/mol. The summed E-state index contributed by atoms with van der Waals surface area (Å²) in [5.74, 6) is 2.66. The first-order valence-electron chi connectivity index (χ1n) is 10.3. The van der Waals surface area contributed by atoms with Crippen LogP contribution in [0.3, 0.4) is 0 Å². The molecular weight excluding hydrogens is 416 g/mol. The Balaban J connectivity index is 0.000000282. The quantitative estimate of drug-likeness (QED) is 0.650. The third-order valence-corrected chi connectivity index (χ3v) is 6.60. The van der Waals surface area contributed by atoms with Gasteiger partial charge in [0, 0.05) is 29.7 Å². The minimum atomic E-state index is -0.649. The molecule has 2 fully saturated rings. The van der Waals surface area contributed by atoms with Crippen LogP contribution in [0.5, 0.6) is 0 Å². The number of hydrogen-bond donors (Lipinski definition) is 1. The molecule has 5 rings (SSSR count). The van der Waals surface area contributed by atoms with Gasteiger partial charge < -0.3 is 20.1 Å². The molecule has 2 unspecified atom stereocenters. The Morgan fingerprint density at radius 2 is 1.90 bits per heavy atom. The average Bonchev–Trinajstić information content (AvgIpc) is 3.02. The lowest BCUT2D eigenvalue weighted by Gasteiger charge is -2.34. The Kier molecular flexibility index (Phi) is 6.49. The topological polar surface area (TPSA) is 108 Å². The Bertz CT molecular complexity index is 1080. The minimum Gasteiger partial charge on any atom is -0.383 e. The number of benzene rings is 1. The number of nitrogens with zero attached hydrogens (tertiary/aromatic N) is 5. The van der Waals surface area contributed by atoms with E-state index in [0.717, 1.165) is 29.2 Å². The van der Waals surface area contributed by atoms with Crippen LogP contribution in [-0.2, 0) is 20.3 Å². The van der Waals surface area contributed by atoms with Crippen LogP contribution in [0.2, 0.25) is 0 Å². The maximum absolute atomic E-state index is 10.5. The molecule has 4 heterocycles. The summed E-state index contributed by atoms with van der Waals surface area (Å²) in [4.78, 5) is 16.0. The Morgan fingerprint density at radius 1 is 1.13 bits per heavy atom. The summed E-state index contributed by atoms with van der Waals surface area (Å²) < 4.78 is 22.7. The van der Waals surface area contributed by atoms with Crippen LogP contribution in [0.1, 0.15) is 12.7 Å². The van der Waals surface area contributed by atoms with Gasteiger partial charge >= 0.3 is 0 Å². The molecule has 0 aliphatic carbocycles. The van der Waals surface area contributed by atoms with Crippen LogP contribution in [0.4, 0.5) is 11.6 Å². The number of hydrogen-bond acceptors (Lipinski definition) is 8. The number of nitrogens with two attached hydrogens (primary N) is 1. The third kappa shape index (κ3) is 4.70. The summed E-state index contributed by atoms with van der Waals surface area (Å²) in [6.07, 6.45) is 1.72. The van der Waals surface area contributed by atoms with Gasteiger partial charge in [0.2, 0.25) is 5.95 Å². The van der Waals surface area contributed by atoms with E-state index in [-0.39, 0.29) is 6.04 Å². The van der Waals surface area contributed by atoms with Crippen molar-refractivity contribution >= 4 is 33.5 Å². The van der Waals surface area contributed by atoms with Gasteiger partial charge in [-0.1, -0.05) is 12.1 Å². The van der Waals surface area contributed by atoms with Crippen molar-refractivity contribution < 1.29 is 13.7 Å². The predicted octanol–water partition coefficient (Wildman–Crippen LogP) is 1.69. The number of fused-ring (bicyclic) bond motifs is 1. The summed E-state index contributed by atoms with van der Waals surface area (Å²) in [5.41, 5.74) is 7.96. The van der Waals surface area contributed by atoms with Crippen molar-refractivity contribution in [3.8, 4) is 5.95 Å². The molecule has 166 valence electrons. The van der Waals surface area contributed by atoms with E-state index in [0.29, 0.717) is 43.4 Å². The minimum absolute atomic E-state index is 0.251. The number of rotatable bonds is 3. The first-order valence-corrected chi connectivity index (χ1v) is 11.9. The molecule has 2 saturated heterocycles. The number of nitrogen functional groups attached to an aromatic ring is 1. The fourth-order valence-corrected chi connectivity index (χ4v) is 4.13. The maximum Gasteiger partial charge on any atom is 0.239 e. The molecule has 1 aromatic carbocycles. The largest absolute Gasteiger partial charge is 0.383 e. The van der Waals surface area contributed by atoms with Gasteiger partial charge in [0.1, 0.15) is 17.5 Å². The van der Waals surface area contributed by atoms with Crippen LogP contribution >= 0.6 is 0 Å². The summed E-state index contributed by atoms with van der Waals surface area (Å²) in [5, 5.41) is 0.333. The highest BCUT2D eigenvalue weighted by atomic mass is 32.2. The fraction of sp³-hybridized carbons (Fsp3) is 0.476. The molecule has 2 atom stereocenters. The number of aryl methyl sites for hydroxylation is 1. The Hall–Kier alpha value is -2.56. The van der Waals surface area contributed by atoms with Crippen LogP contribution < -0.4 is 10.6 Å². The number of ether oxygens (including phenoxy) is 2. The van der Waals surface area contributed by atoms with Crippen molar-refractivity contribution in [2.75, 3.05) is 49.9 Å². The molecule has 0 radical (unpaired) electrons. The second kappa shape index (κ2) is 9.29. The van der Waals surface area contributed by atoms with E-state index < -0.39 is 10.8 Å². The zero-order valence-electron chi connectivity index (χ0n) is 18.0. The molecule has 2 aliphatic heterocycles. The van der Waals surface area contributed by atoms with Crippen LogP contribution in [0.15, 0.2) is 30.3 Å². The second-order valence-electron chi connectivity index (χ2n) is 7.71. The molecule has 2 N–H and O–H groups in total. The zero-order chi connectivity index (χ0) is 22.0. The highest BCUT2D eigenvalue weighted by molar-refractivity contribution is 7.85. The van der Waals surface area contributed by atoms with E-state index in [1.54, 1.807) is 6.26 Å². The van der Waals surface area contributed by atoms with Gasteiger partial charge in [0.25, 0.3) is 0 Å². The summed E-state index contributed by atoms with van der Waals surface area (Å²) in [6.45, 7) is 7.63. The van der Waals surface area contributed by atoms with E-state index in [2.05, 4.69) is 21.8 Å². The molecule has 2 aromatic heterocycles. The zero-order valence-corrected chi connectivity index (χ0v) is 18.8. The number of para-hydroxylation sites is 2. The number of imidazole rings is 1. The van der Waals surface area contributed by atoms with Gasteiger partial charge in [0.15, 0.2) is 0 Å². The van der Waals surface area contributed by atoms with E-state index >= 15 is 0 Å². The molecule has 0 bridgehead atoms. The van der Waals surface area contributed by atoms with E-state index in [1.807, 2.05) is 41.8 Å². The van der Waals surface area contributed by atoms with Crippen molar-refractivity contribution in [2.45, 2.75) is 25.1 Å². The van der Waals surface area contributed by atoms with Gasteiger partial charge in [-0.05, 0) is 26.0 Å². The van der Waals surface area contributed by atoms with Gasteiger partial charge in [-0.3, -0.25) is 8.78 Å². The molecule has 31 heavy (non-hydrogen) atoms. The van der Waals surface area contributed by atoms with Crippen LogP contribution in [0, 0.1) is 6.92 Å². The smallest absolute Gasteiger partial charge is 0.239 e. The standard InChI is InChI=1S/C17H20N6O.C4H8O2S/c1-11-10-24-8-7-22(11)16-9-15(18)20-17(21-16)23-12(2)19-13-5-3-4-6-14(13)23;1-7(5)4-2-6-3-4/h3-6,9,11H,7-8,10H2,1-2H3,(H2,18,20,21);4H,2-3H2,1H3. The third-order valence-electron chi connectivity index (χ3n) is 5.39. The highest BCUT2D eigenvalue weighted by Crippen LogP contribution is 2.24. The van der Waals surface area contributed by atoms with Crippen LogP contribution in [-0.4, -0.2) is 74.2 Å². The number of anilines is 2. The van der Waals surface area contributed by atoms with Crippen LogP contribution in [0.25, 0.3) is 17.0 Å². The molecule has 3 aromatic rings. The van der Waals surface area contributed by atoms with Crippen molar-refractivity contribution in [1.82, 2.24) is 19.5 Å². The lowest BCUT2D eigenvalue weighted by Crippen LogP contribution is -2.44. The highest BCUT2D eigenvalue weighted by Gasteiger charge is 2.22. The average molecular weight is 445 g/mol. The van der Waals surface area contributed by atoms with Gasteiger partial charge in [-0.25, -0.2) is 4.98 Å². The Labute approximate surface area is 184 Å². The van der Waals surface area contributed by atoms with Gasteiger partial charge in [-0.2, -0.15) is 9.97 Å². The monoisotopic (exact) mass is 444 g/mol. The fourth-order valence-electron chi connectivity index (χ4n) is 3.56. The number of aromatic nitrogens is 4. The number of morpholine rings is 1. The van der Waals surface area contributed by atoms with E-state index in [9.17, 15) is 4.21 Å². The van der Waals surface area contributed by atoms with E-state index in [4.69, 9.17) is 20.2 Å². The van der Waals surface area contributed by atoms with E-state index in [1.165, 1.54) is 0 Å². The SMILES string of the molecule is CS(=O)C1COC1.Cc1nc2ccccc2n1-c1nc(N)cc(N2CCOCC2C)n1. The van der Waals surface area contributed by atoms with Crippen molar-refractivity contribution in [1.29, 1.82) is 0 Å². The Morgan fingerprint density at radius 3 is 2.55 bits per heavy atom. The first-order chi connectivity index (χ1) is 14.9. The molecule has 2 aliphatic rings. The first kappa shape index (κ1) is 21.7. The van der Waals surface area contributed by atoms with Crippen molar-refractivity contribution in [2.24, 2.45) is 0 Å². The molecule has 0 spiro atoms. The normalized spacial score (nSPS) is 20.1. The van der Waals surface area contributed by atoms with Gasteiger partial charge in [0.05, 0.1) is 48.8 Å². The van der Waals surface area contributed by atoms with Crippen molar-refractivity contribution in [3.05, 3.63) is 36.2 Å². The summed E-state index contributed by atoms with van der Waals surface area (Å²) in [6, 6.07) is 10.0. The molecular formula is C21H28N6O3S. The molecule has 9 nitrogen and oxygen atoms in total.